The number of nitrogens with zero attached hydrogens (tertiary/aromatic N) is 5. The highest BCUT2D eigenvalue weighted by Gasteiger charge is 2.20. The molecule has 2 aromatic heterocycles. The van der Waals surface area contributed by atoms with Crippen LogP contribution in [0, 0.1) is 13.8 Å². The third kappa shape index (κ3) is 2.18. The molecule has 1 N–H and O–H groups in total. The molecule has 94 valence electrons. The van der Waals surface area contributed by atoms with E-state index >= 15 is 0 Å². The van der Waals surface area contributed by atoms with Crippen LogP contribution in [-0.2, 0) is 13.0 Å². The molecule has 0 aromatic carbocycles. The SMILES string of the molecule is Cc1cncc(NC2CCc3nc(C)nn3C2)n1. The molecular formula is C12H16N6. The van der Waals surface area contributed by atoms with Crippen molar-refractivity contribution in [1.29, 1.82) is 0 Å². The van der Waals surface area contributed by atoms with Gasteiger partial charge in [-0.05, 0) is 20.3 Å². The molecule has 1 aliphatic rings. The first-order valence-electron chi connectivity index (χ1n) is 6.16. The number of rotatable bonds is 2. The molecule has 0 aliphatic carbocycles. The molecule has 0 spiro atoms. The van der Waals surface area contributed by atoms with Crippen LogP contribution in [0.15, 0.2) is 12.4 Å². The lowest BCUT2D eigenvalue weighted by Crippen LogP contribution is -2.32. The lowest BCUT2D eigenvalue weighted by atomic mass is 10.1. The van der Waals surface area contributed by atoms with Crippen LogP contribution in [-0.4, -0.2) is 30.8 Å². The summed E-state index contributed by atoms with van der Waals surface area (Å²) in [7, 11) is 0. The van der Waals surface area contributed by atoms with E-state index < -0.39 is 0 Å². The predicted molar refractivity (Wildman–Crippen MR) is 67.3 cm³/mol. The number of hydrogen-bond donors (Lipinski definition) is 1. The maximum atomic E-state index is 4.41. The molecule has 6 nitrogen and oxygen atoms in total. The number of hydrogen-bond acceptors (Lipinski definition) is 5. The lowest BCUT2D eigenvalue weighted by Gasteiger charge is -2.23. The van der Waals surface area contributed by atoms with E-state index in [1.807, 2.05) is 18.5 Å². The van der Waals surface area contributed by atoms with Gasteiger partial charge in [-0.15, -0.1) is 0 Å². The molecule has 3 heterocycles. The summed E-state index contributed by atoms with van der Waals surface area (Å²) in [6.45, 7) is 4.71. The molecular weight excluding hydrogens is 228 g/mol. The minimum absolute atomic E-state index is 0.342. The smallest absolute Gasteiger partial charge is 0.147 e. The average molecular weight is 244 g/mol. The van der Waals surface area contributed by atoms with Gasteiger partial charge in [-0.25, -0.2) is 14.6 Å². The Hall–Kier alpha value is -1.98. The fourth-order valence-corrected chi connectivity index (χ4v) is 2.29. The molecule has 0 radical (unpaired) electrons. The van der Waals surface area contributed by atoms with E-state index in [1.165, 1.54) is 0 Å². The molecule has 0 amide bonds. The Morgan fingerprint density at radius 2 is 2.17 bits per heavy atom. The van der Waals surface area contributed by atoms with Crippen molar-refractivity contribution in [2.75, 3.05) is 5.32 Å². The van der Waals surface area contributed by atoms with Crippen LogP contribution in [0.5, 0.6) is 0 Å². The predicted octanol–water partition coefficient (Wildman–Crippen LogP) is 1.11. The van der Waals surface area contributed by atoms with Crippen LogP contribution in [0.3, 0.4) is 0 Å². The van der Waals surface area contributed by atoms with Gasteiger partial charge in [-0.2, -0.15) is 5.10 Å². The van der Waals surface area contributed by atoms with Gasteiger partial charge in [0, 0.05) is 18.7 Å². The van der Waals surface area contributed by atoms with Crippen molar-refractivity contribution in [3.63, 3.8) is 0 Å². The van der Waals surface area contributed by atoms with Gasteiger partial charge >= 0.3 is 0 Å². The summed E-state index contributed by atoms with van der Waals surface area (Å²) in [5.74, 6) is 2.77. The second kappa shape index (κ2) is 4.36. The van der Waals surface area contributed by atoms with Gasteiger partial charge in [-0.1, -0.05) is 0 Å². The first-order valence-corrected chi connectivity index (χ1v) is 6.16. The van der Waals surface area contributed by atoms with Crippen molar-refractivity contribution in [3.8, 4) is 0 Å². The summed E-state index contributed by atoms with van der Waals surface area (Å²) >= 11 is 0. The molecule has 0 saturated heterocycles. The summed E-state index contributed by atoms with van der Waals surface area (Å²) < 4.78 is 1.99. The number of anilines is 1. The molecule has 1 atom stereocenters. The maximum Gasteiger partial charge on any atom is 0.147 e. The maximum absolute atomic E-state index is 4.41. The second-order valence-corrected chi connectivity index (χ2v) is 4.68. The van der Waals surface area contributed by atoms with E-state index in [2.05, 4.69) is 25.4 Å². The number of fused-ring (bicyclic) bond motifs is 1. The van der Waals surface area contributed by atoms with Crippen molar-refractivity contribution in [2.24, 2.45) is 0 Å². The van der Waals surface area contributed by atoms with Crippen molar-refractivity contribution in [2.45, 2.75) is 39.3 Å². The quantitative estimate of drug-likeness (QED) is 0.857. The highest BCUT2D eigenvalue weighted by atomic mass is 15.4. The van der Waals surface area contributed by atoms with Crippen molar-refractivity contribution < 1.29 is 0 Å². The normalized spacial score (nSPS) is 18.4. The molecule has 3 rings (SSSR count). The molecule has 0 saturated carbocycles. The highest BCUT2D eigenvalue weighted by molar-refractivity contribution is 5.33. The van der Waals surface area contributed by atoms with Gasteiger partial charge in [-0.3, -0.25) is 4.98 Å². The molecule has 1 aliphatic heterocycles. The third-order valence-electron chi connectivity index (χ3n) is 3.07. The number of nitrogens with one attached hydrogen (secondary N) is 1. The van der Waals surface area contributed by atoms with E-state index in [-0.39, 0.29) is 0 Å². The van der Waals surface area contributed by atoms with Crippen LogP contribution < -0.4 is 5.32 Å². The van der Waals surface area contributed by atoms with Gasteiger partial charge in [0.25, 0.3) is 0 Å². The largest absolute Gasteiger partial charge is 0.364 e. The molecule has 18 heavy (non-hydrogen) atoms. The average Bonchev–Trinajstić information content (AvgIpc) is 2.68. The second-order valence-electron chi connectivity index (χ2n) is 4.68. The van der Waals surface area contributed by atoms with Crippen LogP contribution in [0.25, 0.3) is 0 Å². The van der Waals surface area contributed by atoms with E-state index in [9.17, 15) is 0 Å². The van der Waals surface area contributed by atoms with Gasteiger partial charge in [0.2, 0.25) is 0 Å². The van der Waals surface area contributed by atoms with E-state index in [1.54, 1.807) is 12.4 Å². The van der Waals surface area contributed by atoms with E-state index in [0.717, 1.165) is 42.5 Å². The van der Waals surface area contributed by atoms with Crippen LogP contribution >= 0.6 is 0 Å². The number of aryl methyl sites for hydroxylation is 3. The zero-order valence-electron chi connectivity index (χ0n) is 10.6. The fraction of sp³-hybridized carbons (Fsp3) is 0.500. The Morgan fingerprint density at radius 1 is 1.28 bits per heavy atom. The monoisotopic (exact) mass is 244 g/mol. The molecule has 6 heteroatoms. The third-order valence-corrected chi connectivity index (χ3v) is 3.07. The Morgan fingerprint density at radius 3 is 3.00 bits per heavy atom. The Balaban J connectivity index is 1.73. The van der Waals surface area contributed by atoms with Crippen molar-refractivity contribution in [3.05, 3.63) is 29.7 Å². The van der Waals surface area contributed by atoms with Crippen LogP contribution in [0.1, 0.15) is 23.8 Å². The highest BCUT2D eigenvalue weighted by Crippen LogP contribution is 2.16. The van der Waals surface area contributed by atoms with Gasteiger partial charge in [0.15, 0.2) is 0 Å². The molecule has 2 aromatic rings. The number of aromatic nitrogens is 5. The summed E-state index contributed by atoms with van der Waals surface area (Å²) in [6, 6.07) is 0.342. The molecule has 0 bridgehead atoms. The molecule has 1 unspecified atom stereocenters. The van der Waals surface area contributed by atoms with Gasteiger partial charge in [0.05, 0.1) is 18.4 Å². The minimum atomic E-state index is 0.342. The zero-order valence-corrected chi connectivity index (χ0v) is 10.6. The van der Waals surface area contributed by atoms with Gasteiger partial charge in [0.1, 0.15) is 17.5 Å². The van der Waals surface area contributed by atoms with Crippen LogP contribution in [0.4, 0.5) is 5.82 Å². The summed E-state index contributed by atoms with van der Waals surface area (Å²) in [4.78, 5) is 13.0. The Bertz CT molecular complexity index is 561. The summed E-state index contributed by atoms with van der Waals surface area (Å²) in [6.07, 6.45) is 5.52. The lowest BCUT2D eigenvalue weighted by molar-refractivity contribution is 0.440. The molecule has 0 fully saturated rings. The van der Waals surface area contributed by atoms with Crippen LogP contribution in [0.2, 0.25) is 0 Å². The van der Waals surface area contributed by atoms with Crippen molar-refractivity contribution in [1.82, 2.24) is 24.7 Å². The first-order chi connectivity index (χ1) is 8.70. The van der Waals surface area contributed by atoms with Crippen molar-refractivity contribution >= 4 is 5.82 Å². The Labute approximate surface area is 105 Å². The summed E-state index contributed by atoms with van der Waals surface area (Å²) in [5.41, 5.74) is 0.924. The minimum Gasteiger partial charge on any atom is -0.364 e. The Kier molecular flexibility index (Phi) is 2.70. The first kappa shape index (κ1) is 11.1. The standard InChI is InChI=1S/C12H16N6/c1-8-5-13-6-11(14-8)16-10-3-4-12-15-9(2)17-18(12)7-10/h5-6,10H,3-4,7H2,1-2H3,(H,14,16). The topological polar surface area (TPSA) is 68.5 Å². The summed E-state index contributed by atoms with van der Waals surface area (Å²) in [5, 5.41) is 7.80. The zero-order chi connectivity index (χ0) is 12.5. The van der Waals surface area contributed by atoms with E-state index in [4.69, 9.17) is 0 Å². The van der Waals surface area contributed by atoms with E-state index in [0.29, 0.717) is 6.04 Å². The fourth-order valence-electron chi connectivity index (χ4n) is 2.29. The van der Waals surface area contributed by atoms with Gasteiger partial charge < -0.3 is 5.32 Å².